The van der Waals surface area contributed by atoms with Crippen LogP contribution in [0.3, 0.4) is 0 Å². The van der Waals surface area contributed by atoms with Crippen molar-refractivity contribution >= 4 is 34.5 Å². The zero-order valence-electron chi connectivity index (χ0n) is 17.8. The molecule has 31 heavy (non-hydrogen) atoms. The molecule has 0 radical (unpaired) electrons. The Labute approximate surface area is 184 Å². The molecule has 0 spiro atoms. The lowest BCUT2D eigenvalue weighted by molar-refractivity contribution is 0.108. The van der Waals surface area contributed by atoms with E-state index in [1.165, 1.54) is 24.3 Å². The second-order valence-electron chi connectivity index (χ2n) is 7.13. The zero-order chi connectivity index (χ0) is 22.7. The molecule has 0 atom stereocenters. The second kappa shape index (κ2) is 9.17. The van der Waals surface area contributed by atoms with Crippen molar-refractivity contribution in [3.8, 4) is 5.75 Å². The highest BCUT2D eigenvalue weighted by atomic mass is 32.2. The Morgan fingerprint density at radius 2 is 1.58 bits per heavy atom. The fraction of sp³-hybridized carbons (Fsp3) is 0.238. The minimum atomic E-state index is -0.386. The van der Waals surface area contributed by atoms with Gasteiger partial charge in [0.15, 0.2) is 0 Å². The summed E-state index contributed by atoms with van der Waals surface area (Å²) in [6.45, 7) is 3.62. The Morgan fingerprint density at radius 3 is 2.16 bits per heavy atom. The number of hydrogen-bond acceptors (Lipinski definition) is 9. The van der Waals surface area contributed by atoms with Gasteiger partial charge >= 0.3 is 0 Å². The summed E-state index contributed by atoms with van der Waals surface area (Å²) in [5.74, 6) is 0.412. The lowest BCUT2D eigenvalue weighted by atomic mass is 10.1. The van der Waals surface area contributed by atoms with Crippen LogP contribution in [0.15, 0.2) is 41.3 Å². The molecule has 2 aromatic carbocycles. The summed E-state index contributed by atoms with van der Waals surface area (Å²) in [4.78, 5) is 28.0. The van der Waals surface area contributed by atoms with Gasteiger partial charge in [-0.3, -0.25) is 15.2 Å². The first kappa shape index (κ1) is 22.3. The first-order valence-corrected chi connectivity index (χ1v) is 10.2. The van der Waals surface area contributed by atoms with Gasteiger partial charge in [-0.05, 0) is 73.1 Å². The summed E-state index contributed by atoms with van der Waals surface area (Å²) in [5.41, 5.74) is 5.34. The summed E-state index contributed by atoms with van der Waals surface area (Å²) in [7, 11) is 5.24. The van der Waals surface area contributed by atoms with Gasteiger partial charge < -0.3 is 10.0 Å². The van der Waals surface area contributed by atoms with E-state index in [0.29, 0.717) is 10.8 Å². The van der Waals surface area contributed by atoms with E-state index in [4.69, 9.17) is 0 Å². The highest BCUT2D eigenvalue weighted by molar-refractivity contribution is 8.14. The molecule has 0 fully saturated rings. The molecule has 0 aliphatic rings. The fourth-order valence-corrected chi connectivity index (χ4v) is 3.38. The van der Waals surface area contributed by atoms with Crippen LogP contribution in [0.1, 0.15) is 21.7 Å². The molecule has 0 amide bonds. The maximum atomic E-state index is 13.1. The van der Waals surface area contributed by atoms with Crippen molar-refractivity contribution in [2.45, 2.75) is 18.7 Å². The van der Waals surface area contributed by atoms with Crippen molar-refractivity contribution in [3.63, 3.8) is 0 Å². The number of hydrogen-bond donors (Lipinski definition) is 2. The lowest BCUT2D eigenvalue weighted by Crippen LogP contribution is -2.29. The standard InChI is InChI=1S/C21H23FN6O2S/c1-12-10-15(11-13(2)17(12)29)26-28(5)21-24-18(23-20(25-21)27(3)4)19(30)31-16-8-6-14(22)7-9-16/h6-11,26,29H,1-5H3. The van der Waals surface area contributed by atoms with Crippen molar-refractivity contribution in [1.82, 2.24) is 15.0 Å². The van der Waals surface area contributed by atoms with Gasteiger partial charge in [-0.25, -0.2) is 4.39 Å². The summed E-state index contributed by atoms with van der Waals surface area (Å²) in [6, 6.07) is 9.22. The third-order valence-electron chi connectivity index (χ3n) is 4.31. The number of halogens is 1. The van der Waals surface area contributed by atoms with Gasteiger partial charge in [-0.15, -0.1) is 0 Å². The number of thioether (sulfide) groups is 1. The predicted molar refractivity (Wildman–Crippen MR) is 120 cm³/mol. The maximum absolute atomic E-state index is 13.1. The monoisotopic (exact) mass is 442 g/mol. The first-order chi connectivity index (χ1) is 14.6. The van der Waals surface area contributed by atoms with Crippen molar-refractivity contribution in [2.24, 2.45) is 0 Å². The number of aryl methyl sites for hydroxylation is 2. The first-order valence-electron chi connectivity index (χ1n) is 9.36. The number of benzene rings is 2. The zero-order valence-corrected chi connectivity index (χ0v) is 18.7. The smallest absolute Gasteiger partial charge is 0.261 e. The highest BCUT2D eigenvalue weighted by Gasteiger charge is 2.18. The van der Waals surface area contributed by atoms with Gasteiger partial charge in [-0.2, -0.15) is 15.0 Å². The van der Waals surface area contributed by atoms with E-state index in [2.05, 4.69) is 20.4 Å². The Morgan fingerprint density at radius 1 is 1.00 bits per heavy atom. The van der Waals surface area contributed by atoms with Gasteiger partial charge in [0, 0.05) is 26.0 Å². The summed E-state index contributed by atoms with van der Waals surface area (Å²) < 4.78 is 13.1. The van der Waals surface area contributed by atoms with Gasteiger partial charge in [-0.1, -0.05) is 0 Å². The molecule has 0 bridgehead atoms. The molecule has 1 aromatic heterocycles. The van der Waals surface area contributed by atoms with E-state index in [0.717, 1.165) is 28.6 Å². The van der Waals surface area contributed by atoms with Gasteiger partial charge in [0.2, 0.25) is 17.7 Å². The third kappa shape index (κ3) is 5.40. The highest BCUT2D eigenvalue weighted by Crippen LogP contribution is 2.27. The van der Waals surface area contributed by atoms with Crippen LogP contribution in [-0.2, 0) is 0 Å². The number of aromatic nitrogens is 3. The quantitative estimate of drug-likeness (QED) is 0.336. The largest absolute Gasteiger partial charge is 0.507 e. The number of carbonyl (C=O) groups is 1. The van der Waals surface area contributed by atoms with Crippen LogP contribution >= 0.6 is 11.8 Å². The molecule has 1 heterocycles. The SMILES string of the molecule is Cc1cc(NN(C)c2nc(C(=O)Sc3ccc(F)cc3)nc(N(C)C)n2)cc(C)c1O. The average molecular weight is 443 g/mol. The van der Waals surface area contributed by atoms with E-state index >= 15 is 0 Å². The van der Waals surface area contributed by atoms with Gasteiger partial charge in [0.05, 0.1) is 5.69 Å². The number of phenolic OH excluding ortho intramolecular Hbond substituents is 1. The molecule has 0 aliphatic carbocycles. The van der Waals surface area contributed by atoms with Crippen LogP contribution in [0.4, 0.5) is 22.0 Å². The van der Waals surface area contributed by atoms with Gasteiger partial charge in [0.1, 0.15) is 11.6 Å². The number of aromatic hydroxyl groups is 1. The topological polar surface area (TPSA) is 94.5 Å². The van der Waals surface area contributed by atoms with Crippen LogP contribution in [0.2, 0.25) is 0 Å². The number of hydrazine groups is 1. The van der Waals surface area contributed by atoms with Crippen LogP contribution in [0.5, 0.6) is 5.75 Å². The minimum Gasteiger partial charge on any atom is -0.507 e. The summed E-state index contributed by atoms with van der Waals surface area (Å²) in [5, 5.41) is 11.2. The van der Waals surface area contributed by atoms with E-state index in [1.54, 1.807) is 43.2 Å². The molecule has 10 heteroatoms. The minimum absolute atomic E-state index is 0.0188. The molecule has 0 aliphatic heterocycles. The average Bonchev–Trinajstić information content (AvgIpc) is 2.73. The van der Waals surface area contributed by atoms with Crippen molar-refractivity contribution in [2.75, 3.05) is 36.5 Å². The number of nitrogens with one attached hydrogen (secondary N) is 1. The Kier molecular flexibility index (Phi) is 6.59. The molecule has 3 aromatic rings. The predicted octanol–water partition coefficient (Wildman–Crippen LogP) is 3.79. The Hall–Kier alpha value is -3.40. The van der Waals surface area contributed by atoms with Gasteiger partial charge in [0.25, 0.3) is 5.12 Å². The van der Waals surface area contributed by atoms with Crippen molar-refractivity contribution in [1.29, 1.82) is 0 Å². The third-order valence-corrected chi connectivity index (χ3v) is 5.18. The molecule has 0 saturated heterocycles. The number of carbonyl (C=O) groups excluding carboxylic acids is 1. The number of nitrogens with zero attached hydrogens (tertiary/aromatic N) is 5. The van der Waals surface area contributed by atoms with E-state index in [1.807, 2.05) is 13.8 Å². The summed E-state index contributed by atoms with van der Waals surface area (Å²) >= 11 is 0.912. The Bertz CT molecular complexity index is 1080. The van der Waals surface area contributed by atoms with Crippen molar-refractivity contribution in [3.05, 3.63) is 59.2 Å². The molecule has 8 nitrogen and oxygen atoms in total. The summed E-state index contributed by atoms with van der Waals surface area (Å²) in [6.07, 6.45) is 0. The van der Waals surface area contributed by atoms with E-state index < -0.39 is 0 Å². The van der Waals surface area contributed by atoms with E-state index in [-0.39, 0.29) is 28.5 Å². The molecule has 3 rings (SSSR count). The molecule has 2 N–H and O–H groups in total. The van der Waals surface area contributed by atoms with Crippen LogP contribution in [-0.4, -0.2) is 46.3 Å². The molecular formula is C21H23FN6O2S. The second-order valence-corrected chi connectivity index (χ2v) is 8.17. The molecule has 0 saturated carbocycles. The van der Waals surface area contributed by atoms with Crippen LogP contribution in [0, 0.1) is 19.7 Å². The lowest BCUT2D eigenvalue weighted by Gasteiger charge is -2.22. The normalized spacial score (nSPS) is 10.6. The number of phenols is 1. The number of rotatable bonds is 6. The molecular weight excluding hydrogens is 419 g/mol. The van der Waals surface area contributed by atoms with E-state index in [9.17, 15) is 14.3 Å². The van der Waals surface area contributed by atoms with Crippen LogP contribution < -0.4 is 15.3 Å². The molecule has 162 valence electrons. The molecule has 0 unspecified atom stereocenters. The fourth-order valence-electron chi connectivity index (χ4n) is 2.71. The van der Waals surface area contributed by atoms with Crippen LogP contribution in [0.25, 0.3) is 0 Å². The van der Waals surface area contributed by atoms with Crippen molar-refractivity contribution < 1.29 is 14.3 Å². The Balaban J connectivity index is 1.88. The maximum Gasteiger partial charge on any atom is 0.261 e. The number of anilines is 3.